The summed E-state index contributed by atoms with van der Waals surface area (Å²) in [5, 5.41) is 22.2. The molecule has 320 valence electrons. The number of carbonyl (C=O) groups excluding carboxylic acids is 7. The Kier molecular flexibility index (Phi) is 22.7. The Morgan fingerprint density at radius 3 is 1.88 bits per heavy atom. The number of primary amides is 1. The van der Waals surface area contributed by atoms with Gasteiger partial charge < -0.3 is 53.8 Å². The summed E-state index contributed by atoms with van der Waals surface area (Å²) in [5.41, 5.74) is 17.5. The SMILES string of the molecule is CCCCC(NC(=O)C(CC(C)C)N(C)C(=O)CNC(=O)C(NC(=O)C(Cc1ccccc1)NC(=O)C(CCCCN)NC(=O)C(N)CC(=O)O)C(C)C)C(N)=O. The van der Waals surface area contributed by atoms with E-state index in [2.05, 4.69) is 26.6 Å². The van der Waals surface area contributed by atoms with E-state index in [0.717, 1.165) is 6.42 Å². The van der Waals surface area contributed by atoms with Crippen molar-refractivity contribution < 1.29 is 43.5 Å². The number of nitrogens with zero attached hydrogens (tertiary/aromatic N) is 1. The van der Waals surface area contributed by atoms with Crippen LogP contribution in [0.25, 0.3) is 0 Å². The minimum atomic E-state index is -1.42. The number of rotatable bonds is 27. The van der Waals surface area contributed by atoms with Crippen molar-refractivity contribution in [2.45, 2.75) is 129 Å². The van der Waals surface area contributed by atoms with Crippen molar-refractivity contribution in [2.24, 2.45) is 29.0 Å². The lowest BCUT2D eigenvalue weighted by molar-refractivity contribution is -0.141. The van der Waals surface area contributed by atoms with Crippen molar-refractivity contribution in [3.05, 3.63) is 35.9 Å². The lowest BCUT2D eigenvalue weighted by Crippen LogP contribution is -2.59. The molecule has 18 nitrogen and oxygen atoms in total. The van der Waals surface area contributed by atoms with Crippen LogP contribution in [0.5, 0.6) is 0 Å². The van der Waals surface area contributed by atoms with Gasteiger partial charge in [0, 0.05) is 13.5 Å². The number of carboxylic acids is 1. The van der Waals surface area contributed by atoms with Gasteiger partial charge in [0.05, 0.1) is 19.0 Å². The number of carbonyl (C=O) groups is 8. The van der Waals surface area contributed by atoms with Gasteiger partial charge in [0.1, 0.15) is 30.2 Å². The fourth-order valence-electron chi connectivity index (χ4n) is 5.86. The second kappa shape index (κ2) is 25.9. The molecule has 6 atom stereocenters. The Morgan fingerprint density at radius 2 is 1.33 bits per heavy atom. The normalized spacial score (nSPS) is 14.3. The fraction of sp³-hybridized carbons (Fsp3) is 0.641. The molecule has 1 aromatic rings. The maximum absolute atomic E-state index is 13.9. The Morgan fingerprint density at radius 1 is 0.754 bits per heavy atom. The molecule has 0 aliphatic rings. The number of amides is 7. The Bertz CT molecular complexity index is 1490. The summed E-state index contributed by atoms with van der Waals surface area (Å²) in [7, 11) is 1.43. The van der Waals surface area contributed by atoms with Gasteiger partial charge in [0.25, 0.3) is 0 Å². The summed E-state index contributed by atoms with van der Waals surface area (Å²) < 4.78 is 0. The number of unbranched alkanes of at least 4 members (excludes halogenated alkanes) is 2. The van der Waals surface area contributed by atoms with Crippen molar-refractivity contribution in [1.29, 1.82) is 0 Å². The minimum absolute atomic E-state index is 0.00445. The summed E-state index contributed by atoms with van der Waals surface area (Å²) in [6.45, 7) is 8.88. The third-order valence-electron chi connectivity index (χ3n) is 9.25. The molecule has 0 aliphatic carbocycles. The van der Waals surface area contributed by atoms with E-state index in [1.165, 1.54) is 11.9 Å². The van der Waals surface area contributed by atoms with E-state index in [1.54, 1.807) is 44.2 Å². The van der Waals surface area contributed by atoms with Gasteiger partial charge in [0.2, 0.25) is 41.4 Å². The summed E-state index contributed by atoms with van der Waals surface area (Å²) in [6, 6.07) is 1.92. The number of likely N-dealkylation sites (N-methyl/N-ethyl adjacent to an activating group) is 1. The maximum atomic E-state index is 13.9. The standard InChI is InChI=1S/C39H65N9O9/c1-7-8-16-27(34(42)52)44-38(56)30(19-23(2)3)48(6)31(49)22-43-39(57)33(24(4)5)47-37(55)29(20-25-14-10-9-11-15-25)46-36(54)28(17-12-13-18-40)45-35(53)26(41)21-32(50)51/h9-11,14-15,23-24,26-30,33H,7-8,12-13,16-22,40-41H2,1-6H3,(H2,42,52)(H,43,57)(H,44,56)(H,45,53)(H,46,54)(H,47,55)(H,50,51). The quantitative estimate of drug-likeness (QED) is 0.0507. The molecule has 1 aromatic carbocycles. The molecule has 0 saturated carbocycles. The average Bonchev–Trinajstić information content (AvgIpc) is 3.14. The van der Waals surface area contributed by atoms with Crippen LogP contribution in [0.3, 0.4) is 0 Å². The highest BCUT2D eigenvalue weighted by molar-refractivity contribution is 5.96. The lowest BCUT2D eigenvalue weighted by Gasteiger charge is -2.30. The third-order valence-corrected chi connectivity index (χ3v) is 9.25. The number of aliphatic carboxylic acids is 1. The molecular formula is C39H65N9O9. The highest BCUT2D eigenvalue weighted by Gasteiger charge is 2.34. The van der Waals surface area contributed by atoms with Gasteiger partial charge in [-0.15, -0.1) is 0 Å². The Balaban J connectivity index is 3.22. The first-order valence-electron chi connectivity index (χ1n) is 19.6. The Hall–Kier alpha value is -5.10. The maximum Gasteiger partial charge on any atom is 0.305 e. The van der Waals surface area contributed by atoms with Crippen LogP contribution in [0.1, 0.15) is 91.5 Å². The smallest absolute Gasteiger partial charge is 0.305 e. The Labute approximate surface area is 335 Å². The molecule has 1 rings (SSSR count). The second-order valence-electron chi connectivity index (χ2n) is 15.0. The summed E-state index contributed by atoms with van der Waals surface area (Å²) >= 11 is 0. The lowest BCUT2D eigenvalue weighted by atomic mass is 10.00. The number of hydrogen-bond acceptors (Lipinski definition) is 10. The van der Waals surface area contributed by atoms with E-state index in [9.17, 15) is 38.4 Å². The predicted molar refractivity (Wildman–Crippen MR) is 214 cm³/mol. The number of hydrogen-bond donors (Lipinski definition) is 9. The van der Waals surface area contributed by atoms with Gasteiger partial charge >= 0.3 is 5.97 Å². The molecule has 0 fully saturated rings. The van der Waals surface area contributed by atoms with Crippen LogP contribution in [-0.4, -0.2) is 114 Å². The third kappa shape index (κ3) is 18.6. The molecule has 0 bridgehead atoms. The average molecular weight is 804 g/mol. The van der Waals surface area contributed by atoms with Gasteiger partial charge in [-0.25, -0.2) is 0 Å². The first-order chi connectivity index (χ1) is 26.8. The highest BCUT2D eigenvalue weighted by atomic mass is 16.4. The van der Waals surface area contributed by atoms with E-state index in [4.69, 9.17) is 22.3 Å². The molecule has 0 aliphatic heterocycles. The van der Waals surface area contributed by atoms with Crippen molar-refractivity contribution in [1.82, 2.24) is 31.5 Å². The van der Waals surface area contributed by atoms with E-state index in [1.807, 2.05) is 20.8 Å². The summed E-state index contributed by atoms with van der Waals surface area (Å²) in [5.74, 6) is -6.61. The zero-order chi connectivity index (χ0) is 43.2. The number of nitrogens with two attached hydrogens (primary N) is 3. The molecule has 7 amide bonds. The van der Waals surface area contributed by atoms with E-state index >= 15 is 0 Å². The molecule has 57 heavy (non-hydrogen) atoms. The molecule has 12 N–H and O–H groups in total. The van der Waals surface area contributed by atoms with E-state index in [-0.39, 0.29) is 25.2 Å². The summed E-state index contributed by atoms with van der Waals surface area (Å²) in [6.07, 6.45) is 2.50. The van der Waals surface area contributed by atoms with Gasteiger partial charge in [-0.3, -0.25) is 38.4 Å². The molecule has 0 radical (unpaired) electrons. The van der Waals surface area contributed by atoms with Crippen molar-refractivity contribution >= 4 is 47.3 Å². The zero-order valence-corrected chi connectivity index (χ0v) is 34.2. The molecular weight excluding hydrogens is 738 g/mol. The number of benzene rings is 1. The van der Waals surface area contributed by atoms with Crippen LogP contribution in [0.15, 0.2) is 30.3 Å². The summed E-state index contributed by atoms with van der Waals surface area (Å²) in [4.78, 5) is 105. The number of carboxylic acid groups (broad SMARTS) is 1. The van der Waals surface area contributed by atoms with Gasteiger partial charge in [-0.05, 0) is 56.0 Å². The topological polar surface area (TPSA) is 298 Å². The van der Waals surface area contributed by atoms with E-state index < -0.39 is 102 Å². The number of nitrogens with one attached hydrogen (secondary N) is 5. The van der Waals surface area contributed by atoms with Crippen LogP contribution in [-0.2, 0) is 44.8 Å². The van der Waals surface area contributed by atoms with Crippen LogP contribution in [0.4, 0.5) is 0 Å². The van der Waals surface area contributed by atoms with Crippen molar-refractivity contribution in [2.75, 3.05) is 20.1 Å². The van der Waals surface area contributed by atoms with Crippen LogP contribution in [0, 0.1) is 11.8 Å². The van der Waals surface area contributed by atoms with Gasteiger partial charge in [-0.1, -0.05) is 77.8 Å². The monoisotopic (exact) mass is 803 g/mol. The van der Waals surface area contributed by atoms with Crippen molar-refractivity contribution in [3.63, 3.8) is 0 Å². The highest BCUT2D eigenvalue weighted by Crippen LogP contribution is 2.13. The molecule has 0 saturated heterocycles. The molecule has 18 heteroatoms. The molecule has 0 aromatic heterocycles. The second-order valence-corrected chi connectivity index (χ2v) is 15.0. The first-order valence-corrected chi connectivity index (χ1v) is 19.6. The van der Waals surface area contributed by atoms with Crippen LogP contribution < -0.4 is 43.8 Å². The van der Waals surface area contributed by atoms with Crippen molar-refractivity contribution in [3.8, 4) is 0 Å². The predicted octanol–water partition coefficient (Wildman–Crippen LogP) is -0.580. The zero-order valence-electron chi connectivity index (χ0n) is 34.2. The fourth-order valence-corrected chi connectivity index (χ4v) is 5.86. The van der Waals surface area contributed by atoms with Crippen LogP contribution >= 0.6 is 0 Å². The van der Waals surface area contributed by atoms with Gasteiger partial charge in [-0.2, -0.15) is 0 Å². The van der Waals surface area contributed by atoms with Gasteiger partial charge in [0.15, 0.2) is 0 Å². The van der Waals surface area contributed by atoms with E-state index in [0.29, 0.717) is 37.8 Å². The van der Waals surface area contributed by atoms with Crippen LogP contribution in [0.2, 0.25) is 0 Å². The first kappa shape index (κ1) is 49.9. The molecule has 6 unspecified atom stereocenters. The minimum Gasteiger partial charge on any atom is -0.481 e. The largest absolute Gasteiger partial charge is 0.481 e. The molecule has 0 spiro atoms. The molecule has 0 heterocycles.